The fourth-order valence-electron chi connectivity index (χ4n) is 5.50. The van der Waals surface area contributed by atoms with Gasteiger partial charge in [-0.2, -0.15) is 0 Å². The molecule has 1 fully saturated rings. The number of hydrogen-bond donors (Lipinski definition) is 1. The van der Waals surface area contributed by atoms with Gasteiger partial charge in [-0.25, -0.2) is 4.79 Å². The van der Waals surface area contributed by atoms with Crippen molar-refractivity contribution in [3.8, 4) is 0 Å². The third-order valence-corrected chi connectivity index (χ3v) is 7.29. The lowest BCUT2D eigenvalue weighted by Crippen LogP contribution is -2.46. The maximum Gasteiger partial charge on any atom is 0.325 e. The number of carbonyl (C=O) groups is 3. The Morgan fingerprint density at radius 3 is 2.56 bits per heavy atom. The number of urea groups is 1. The molecular weight excluding hydrogens is 426 g/mol. The first-order chi connectivity index (χ1) is 16.4. The summed E-state index contributed by atoms with van der Waals surface area (Å²) >= 11 is 0. The van der Waals surface area contributed by atoms with Crippen molar-refractivity contribution in [1.29, 1.82) is 0 Å². The van der Waals surface area contributed by atoms with Gasteiger partial charge >= 0.3 is 6.03 Å². The van der Waals surface area contributed by atoms with Gasteiger partial charge in [-0.15, -0.1) is 0 Å². The van der Waals surface area contributed by atoms with Crippen molar-refractivity contribution < 1.29 is 14.4 Å². The second kappa shape index (κ2) is 8.60. The highest BCUT2D eigenvalue weighted by molar-refractivity contribution is 6.11. The van der Waals surface area contributed by atoms with E-state index in [1.165, 1.54) is 5.56 Å². The molecule has 1 aliphatic carbocycles. The van der Waals surface area contributed by atoms with Crippen molar-refractivity contribution in [2.24, 2.45) is 0 Å². The number of carbonyl (C=O) groups excluding carboxylic acids is 3. The number of hydrogen-bond acceptors (Lipinski definition) is 3. The molecule has 6 nitrogen and oxygen atoms in total. The molecule has 1 atom stereocenters. The highest BCUT2D eigenvalue weighted by atomic mass is 16.2. The number of aryl methyl sites for hydroxylation is 3. The number of nitrogens with one attached hydrogen (secondary N) is 1. The number of nitrogens with zero attached hydrogens (tertiary/aromatic N) is 2. The molecule has 0 saturated carbocycles. The maximum absolute atomic E-state index is 13.5. The number of imide groups is 1. The zero-order valence-electron chi connectivity index (χ0n) is 19.6. The monoisotopic (exact) mass is 455 g/mol. The summed E-state index contributed by atoms with van der Waals surface area (Å²) in [5.74, 6) is -0.542. The molecule has 0 radical (unpaired) electrons. The van der Waals surface area contributed by atoms with Gasteiger partial charge < -0.3 is 9.88 Å². The minimum atomic E-state index is -1.06. The van der Waals surface area contributed by atoms with Gasteiger partial charge in [-0.1, -0.05) is 54.6 Å². The fraction of sp³-hybridized carbons (Fsp3) is 0.321. The summed E-state index contributed by atoms with van der Waals surface area (Å²) in [5, 5.41) is 2.93. The van der Waals surface area contributed by atoms with E-state index in [4.69, 9.17) is 0 Å². The van der Waals surface area contributed by atoms with Gasteiger partial charge in [-0.05, 0) is 62.3 Å². The van der Waals surface area contributed by atoms with Crippen LogP contribution in [-0.2, 0) is 29.7 Å². The van der Waals surface area contributed by atoms with Gasteiger partial charge in [0.15, 0.2) is 5.78 Å². The number of ketones is 1. The molecule has 1 saturated heterocycles. The topological polar surface area (TPSA) is 71.4 Å². The van der Waals surface area contributed by atoms with Crippen LogP contribution in [0.3, 0.4) is 0 Å². The van der Waals surface area contributed by atoms with E-state index in [1.807, 2.05) is 62.4 Å². The van der Waals surface area contributed by atoms with Crippen LogP contribution in [0.25, 0.3) is 0 Å². The van der Waals surface area contributed by atoms with Crippen LogP contribution in [0.15, 0.2) is 60.7 Å². The molecule has 1 spiro atoms. The first-order valence-corrected chi connectivity index (χ1v) is 11.9. The minimum absolute atomic E-state index is 0.219. The predicted molar refractivity (Wildman–Crippen MR) is 130 cm³/mol. The Kier molecular flexibility index (Phi) is 5.60. The van der Waals surface area contributed by atoms with Gasteiger partial charge in [0.1, 0.15) is 5.54 Å². The molecule has 2 heterocycles. The predicted octanol–water partition coefficient (Wildman–Crippen LogP) is 4.31. The van der Waals surface area contributed by atoms with Gasteiger partial charge in [0.25, 0.3) is 5.91 Å². The van der Waals surface area contributed by atoms with Crippen LogP contribution in [0.1, 0.15) is 51.3 Å². The van der Waals surface area contributed by atoms with Crippen LogP contribution in [0.4, 0.5) is 4.79 Å². The fourth-order valence-corrected chi connectivity index (χ4v) is 5.50. The molecule has 2 aliphatic rings. The van der Waals surface area contributed by atoms with Crippen LogP contribution in [0, 0.1) is 13.8 Å². The Morgan fingerprint density at radius 2 is 1.76 bits per heavy atom. The molecule has 6 heteroatoms. The summed E-state index contributed by atoms with van der Waals surface area (Å²) in [6.07, 6.45) is 3.11. The van der Waals surface area contributed by atoms with Crippen molar-refractivity contribution in [3.05, 3.63) is 94.3 Å². The SMILES string of the molecule is Cc1cc(C(=O)CN2C(=O)NC3(CCCc4ccccc43)C2=O)c(C)n1CCc1ccccc1. The average molecular weight is 456 g/mol. The number of Topliss-reactive ketones (excluding diaryl/α,β-unsaturated/α-hetero) is 1. The van der Waals surface area contributed by atoms with E-state index in [2.05, 4.69) is 22.0 Å². The second-order valence-corrected chi connectivity index (χ2v) is 9.33. The third-order valence-electron chi connectivity index (χ3n) is 7.29. The Morgan fingerprint density at radius 1 is 1.03 bits per heavy atom. The highest BCUT2D eigenvalue weighted by Crippen LogP contribution is 2.40. The van der Waals surface area contributed by atoms with E-state index in [-0.39, 0.29) is 18.2 Å². The zero-order valence-corrected chi connectivity index (χ0v) is 19.6. The highest BCUT2D eigenvalue weighted by Gasteiger charge is 2.54. The van der Waals surface area contributed by atoms with E-state index < -0.39 is 11.6 Å². The molecule has 1 unspecified atom stereocenters. The summed E-state index contributed by atoms with van der Waals surface area (Å²) in [5.41, 5.74) is 4.54. The molecule has 3 amide bonds. The van der Waals surface area contributed by atoms with E-state index in [0.717, 1.165) is 53.2 Å². The molecule has 174 valence electrons. The number of amides is 3. The van der Waals surface area contributed by atoms with E-state index in [9.17, 15) is 14.4 Å². The van der Waals surface area contributed by atoms with E-state index >= 15 is 0 Å². The molecule has 34 heavy (non-hydrogen) atoms. The lowest BCUT2D eigenvalue weighted by atomic mass is 9.76. The lowest BCUT2D eigenvalue weighted by Gasteiger charge is -2.33. The Hall–Kier alpha value is -3.67. The number of benzene rings is 2. The number of aromatic nitrogens is 1. The average Bonchev–Trinajstić information content (AvgIpc) is 3.26. The van der Waals surface area contributed by atoms with Gasteiger partial charge in [0, 0.05) is 23.5 Å². The Bertz CT molecular complexity index is 1280. The lowest BCUT2D eigenvalue weighted by molar-refractivity contribution is -0.131. The molecule has 1 aliphatic heterocycles. The molecule has 2 aromatic carbocycles. The van der Waals surface area contributed by atoms with E-state index in [1.54, 1.807) is 0 Å². The summed E-state index contributed by atoms with van der Waals surface area (Å²) in [6.45, 7) is 4.42. The van der Waals surface area contributed by atoms with Crippen molar-refractivity contribution in [2.75, 3.05) is 6.54 Å². The molecule has 3 aromatic rings. The van der Waals surface area contributed by atoms with Crippen molar-refractivity contribution in [3.63, 3.8) is 0 Å². The normalized spacial score (nSPS) is 19.4. The Labute approximate surface area is 199 Å². The maximum atomic E-state index is 13.5. The Balaban J connectivity index is 1.35. The molecule has 5 rings (SSSR count). The van der Waals surface area contributed by atoms with Crippen molar-refractivity contribution in [1.82, 2.24) is 14.8 Å². The summed E-state index contributed by atoms with van der Waals surface area (Å²) in [4.78, 5) is 40.8. The summed E-state index contributed by atoms with van der Waals surface area (Å²) < 4.78 is 2.13. The van der Waals surface area contributed by atoms with Crippen LogP contribution in [0.5, 0.6) is 0 Å². The summed E-state index contributed by atoms with van der Waals surface area (Å²) in [7, 11) is 0. The first kappa shape index (κ1) is 22.1. The largest absolute Gasteiger partial charge is 0.348 e. The van der Waals surface area contributed by atoms with Gasteiger partial charge in [-0.3, -0.25) is 14.5 Å². The molecular formula is C28H29N3O3. The zero-order chi connectivity index (χ0) is 23.9. The minimum Gasteiger partial charge on any atom is -0.348 e. The van der Waals surface area contributed by atoms with E-state index in [0.29, 0.717) is 12.0 Å². The summed E-state index contributed by atoms with van der Waals surface area (Å²) in [6, 6.07) is 19.4. The molecule has 1 N–H and O–H groups in total. The smallest absolute Gasteiger partial charge is 0.325 e. The van der Waals surface area contributed by atoms with Crippen molar-refractivity contribution in [2.45, 2.75) is 51.6 Å². The first-order valence-electron chi connectivity index (χ1n) is 11.9. The van der Waals surface area contributed by atoms with Crippen LogP contribution >= 0.6 is 0 Å². The third kappa shape index (κ3) is 3.63. The molecule has 0 bridgehead atoms. The standard InChI is InChI=1S/C28H29N3O3/c1-19-17-23(20(2)30(19)16-14-21-9-4-3-5-10-21)25(32)18-31-26(33)28(29-27(31)34)15-8-12-22-11-6-7-13-24(22)28/h3-7,9-11,13,17H,8,12,14-16,18H2,1-2H3,(H,29,34). The molecule has 1 aromatic heterocycles. The van der Waals surface area contributed by atoms with Gasteiger partial charge in [0.2, 0.25) is 0 Å². The van der Waals surface area contributed by atoms with Crippen LogP contribution in [0.2, 0.25) is 0 Å². The number of fused-ring (bicyclic) bond motifs is 2. The van der Waals surface area contributed by atoms with Crippen molar-refractivity contribution >= 4 is 17.7 Å². The van der Waals surface area contributed by atoms with Crippen LogP contribution in [-0.4, -0.2) is 33.7 Å². The van der Waals surface area contributed by atoms with Gasteiger partial charge in [0.05, 0.1) is 6.54 Å². The number of rotatable bonds is 6. The quantitative estimate of drug-likeness (QED) is 0.445. The van der Waals surface area contributed by atoms with Crippen LogP contribution < -0.4 is 5.32 Å². The second-order valence-electron chi connectivity index (χ2n) is 9.33.